The molecule has 0 atom stereocenters. The smallest absolute Gasteiger partial charge is 0.133 e. The van der Waals surface area contributed by atoms with Crippen LogP contribution in [0.2, 0.25) is 0 Å². The molecular formula is C31H37IO3. The topological polar surface area (TPSA) is 27.7 Å². The van der Waals surface area contributed by atoms with Crippen LogP contribution < -0.4 is 14.2 Å². The molecule has 186 valence electrons. The Morgan fingerprint density at radius 1 is 0.743 bits per heavy atom. The van der Waals surface area contributed by atoms with E-state index in [4.69, 9.17) is 14.2 Å². The predicted molar refractivity (Wildman–Crippen MR) is 157 cm³/mol. The second-order valence-corrected chi connectivity index (χ2v) is 9.63. The van der Waals surface area contributed by atoms with Crippen molar-refractivity contribution >= 4 is 28.7 Å². The fraction of sp³-hybridized carbons (Fsp3) is 0.355. The van der Waals surface area contributed by atoms with Gasteiger partial charge in [-0.25, -0.2) is 0 Å². The van der Waals surface area contributed by atoms with E-state index in [1.165, 1.54) is 33.4 Å². The average Bonchev–Trinajstić information content (AvgIpc) is 2.88. The lowest BCUT2D eigenvalue weighted by Gasteiger charge is -2.24. The first-order chi connectivity index (χ1) is 17.0. The fourth-order valence-corrected chi connectivity index (χ4v) is 5.62. The monoisotopic (exact) mass is 584 g/mol. The zero-order valence-corrected chi connectivity index (χ0v) is 24.0. The largest absolute Gasteiger partial charge is 0.497 e. The Morgan fingerprint density at radius 2 is 1.40 bits per heavy atom. The van der Waals surface area contributed by atoms with Gasteiger partial charge in [0.25, 0.3) is 0 Å². The summed E-state index contributed by atoms with van der Waals surface area (Å²) in [6, 6.07) is 14.9. The minimum atomic E-state index is 0.859. The maximum absolute atomic E-state index is 5.93. The number of hydrogen-bond donors (Lipinski definition) is 0. The minimum absolute atomic E-state index is 0.859. The van der Waals surface area contributed by atoms with Gasteiger partial charge in [0.1, 0.15) is 17.2 Å². The third-order valence-corrected chi connectivity index (χ3v) is 7.30. The van der Waals surface area contributed by atoms with E-state index >= 15 is 0 Å². The summed E-state index contributed by atoms with van der Waals surface area (Å²) in [6.45, 7) is 6.68. The molecule has 0 amide bonds. The molecule has 0 radical (unpaired) electrons. The molecule has 0 aliphatic rings. The molecule has 0 saturated heterocycles. The van der Waals surface area contributed by atoms with Crippen LogP contribution in [0.5, 0.6) is 17.2 Å². The van der Waals surface area contributed by atoms with Crippen LogP contribution in [-0.4, -0.2) is 21.3 Å². The molecule has 35 heavy (non-hydrogen) atoms. The lowest BCUT2D eigenvalue weighted by atomic mass is 9.81. The van der Waals surface area contributed by atoms with Gasteiger partial charge in [0.2, 0.25) is 0 Å². The van der Waals surface area contributed by atoms with Gasteiger partial charge < -0.3 is 14.2 Å². The lowest BCUT2D eigenvalue weighted by Crippen LogP contribution is -2.05. The summed E-state index contributed by atoms with van der Waals surface area (Å²) in [7, 11) is 5.19. The van der Waals surface area contributed by atoms with Gasteiger partial charge in [-0.3, -0.25) is 0 Å². The van der Waals surface area contributed by atoms with Gasteiger partial charge in [-0.1, -0.05) is 64.0 Å². The fourth-order valence-electron chi connectivity index (χ4n) is 4.68. The Morgan fingerprint density at radius 3 is 1.97 bits per heavy atom. The summed E-state index contributed by atoms with van der Waals surface area (Å²) in [6.07, 6.45) is 9.64. The Hall–Kier alpha value is -2.47. The number of benzene rings is 3. The summed E-state index contributed by atoms with van der Waals surface area (Å²) in [4.78, 5) is 0. The number of rotatable bonds is 11. The first-order valence-electron chi connectivity index (χ1n) is 12.4. The molecular weight excluding hydrogens is 547 g/mol. The van der Waals surface area contributed by atoms with Gasteiger partial charge in [-0.2, -0.15) is 0 Å². The molecule has 3 nitrogen and oxygen atoms in total. The van der Waals surface area contributed by atoms with Crippen molar-refractivity contribution in [1.29, 1.82) is 0 Å². The number of methoxy groups -OCH3 is 3. The highest BCUT2D eigenvalue weighted by molar-refractivity contribution is 14.1. The van der Waals surface area contributed by atoms with E-state index in [9.17, 15) is 0 Å². The van der Waals surface area contributed by atoms with Gasteiger partial charge in [-0.05, 0) is 99.5 Å². The molecule has 0 saturated carbocycles. The van der Waals surface area contributed by atoms with Crippen molar-refractivity contribution < 1.29 is 14.2 Å². The molecule has 0 N–H and O–H groups in total. The third-order valence-electron chi connectivity index (χ3n) is 6.23. The van der Waals surface area contributed by atoms with Crippen LogP contribution in [0.4, 0.5) is 0 Å². The maximum atomic E-state index is 5.93. The van der Waals surface area contributed by atoms with E-state index in [-0.39, 0.29) is 0 Å². The molecule has 0 aromatic heterocycles. The number of aryl methyl sites for hydroxylation is 1. The van der Waals surface area contributed by atoms with Crippen LogP contribution in [0.15, 0.2) is 48.5 Å². The number of halogens is 1. The van der Waals surface area contributed by atoms with Crippen molar-refractivity contribution in [3.8, 4) is 39.5 Å². The van der Waals surface area contributed by atoms with Crippen molar-refractivity contribution in [1.82, 2.24) is 0 Å². The molecule has 0 aliphatic carbocycles. The number of hydrogen-bond acceptors (Lipinski definition) is 3. The van der Waals surface area contributed by atoms with Crippen molar-refractivity contribution in [3.63, 3.8) is 0 Å². The zero-order chi connectivity index (χ0) is 25.4. The van der Waals surface area contributed by atoms with Crippen molar-refractivity contribution in [2.75, 3.05) is 21.3 Å². The Labute approximate surface area is 224 Å². The average molecular weight is 585 g/mol. The minimum Gasteiger partial charge on any atom is -0.497 e. The normalized spacial score (nSPS) is 11.2. The van der Waals surface area contributed by atoms with Gasteiger partial charge in [0.15, 0.2) is 0 Å². The van der Waals surface area contributed by atoms with Gasteiger partial charge >= 0.3 is 0 Å². The molecule has 0 bridgehead atoms. The van der Waals surface area contributed by atoms with Gasteiger partial charge in [0, 0.05) is 5.56 Å². The zero-order valence-electron chi connectivity index (χ0n) is 21.8. The van der Waals surface area contributed by atoms with Crippen LogP contribution in [0, 0.1) is 3.57 Å². The molecule has 0 fully saturated rings. The van der Waals surface area contributed by atoms with E-state index in [0.29, 0.717) is 0 Å². The van der Waals surface area contributed by atoms with E-state index in [0.717, 1.165) is 58.5 Å². The van der Waals surface area contributed by atoms with Gasteiger partial charge in [-0.15, -0.1) is 0 Å². The Bertz CT molecular complexity index is 1160. The first kappa shape index (κ1) is 27.1. The van der Waals surface area contributed by atoms with E-state index in [1.807, 2.05) is 12.1 Å². The van der Waals surface area contributed by atoms with Crippen molar-refractivity contribution in [2.45, 2.75) is 52.9 Å². The molecule has 0 aliphatic heterocycles. The maximum Gasteiger partial charge on any atom is 0.133 e. The summed E-state index contributed by atoms with van der Waals surface area (Å²) in [5, 5.41) is 0. The van der Waals surface area contributed by atoms with Crippen molar-refractivity contribution in [3.05, 3.63) is 68.8 Å². The predicted octanol–water partition coefficient (Wildman–Crippen LogP) is 8.98. The van der Waals surface area contributed by atoms with Crippen LogP contribution in [-0.2, 0) is 12.8 Å². The second kappa shape index (κ2) is 13.0. The molecule has 3 aromatic carbocycles. The summed E-state index contributed by atoms with van der Waals surface area (Å²) in [5.41, 5.74) is 8.89. The molecule has 0 heterocycles. The van der Waals surface area contributed by atoms with Crippen molar-refractivity contribution in [2.24, 2.45) is 0 Å². The number of ether oxygens (including phenoxy) is 3. The summed E-state index contributed by atoms with van der Waals surface area (Å²) in [5.74, 6) is 2.59. The quantitative estimate of drug-likeness (QED) is 0.211. The molecule has 0 spiro atoms. The highest BCUT2D eigenvalue weighted by Crippen LogP contribution is 2.47. The highest BCUT2D eigenvalue weighted by Gasteiger charge is 2.24. The van der Waals surface area contributed by atoms with Crippen LogP contribution in [0.25, 0.3) is 28.3 Å². The summed E-state index contributed by atoms with van der Waals surface area (Å²) < 4.78 is 18.2. The lowest BCUT2D eigenvalue weighted by molar-refractivity contribution is 0.402. The molecule has 0 unspecified atom stereocenters. The van der Waals surface area contributed by atoms with Crippen LogP contribution in [0.1, 0.15) is 56.7 Å². The standard InChI is InChI=1S/C31H37IO3/c1-7-10-13-23-20-22(11-8-2)28(21-14-16-24(33-4)17-15-21)25(12-9-3)29(23)30-26(34-5)18-19-27(35-6)31(30)32/h10,13-20H,7-9,11-12H2,1-6H3/b13-10+. The van der Waals surface area contributed by atoms with E-state index in [1.54, 1.807) is 21.3 Å². The SMILES string of the molecule is CC/C=C/c1cc(CCC)c(-c2ccc(OC)cc2)c(CCC)c1-c1c(OC)ccc(OC)c1I. The van der Waals surface area contributed by atoms with E-state index < -0.39 is 0 Å². The first-order valence-corrected chi connectivity index (χ1v) is 13.5. The van der Waals surface area contributed by atoms with Crippen LogP contribution in [0.3, 0.4) is 0 Å². The van der Waals surface area contributed by atoms with E-state index in [2.05, 4.69) is 85.8 Å². The Kier molecular flexibility index (Phi) is 10.1. The highest BCUT2D eigenvalue weighted by atomic mass is 127. The molecule has 3 aromatic rings. The second-order valence-electron chi connectivity index (χ2n) is 8.55. The summed E-state index contributed by atoms with van der Waals surface area (Å²) >= 11 is 2.41. The van der Waals surface area contributed by atoms with Crippen LogP contribution >= 0.6 is 22.6 Å². The molecule has 3 rings (SSSR count). The number of allylic oxidation sites excluding steroid dienone is 1. The Balaban J connectivity index is 2.51. The van der Waals surface area contributed by atoms with Gasteiger partial charge in [0.05, 0.1) is 24.9 Å². The third kappa shape index (κ3) is 5.85. The molecule has 4 heteroatoms.